The molecule has 3 rings (SSSR count). The summed E-state index contributed by atoms with van der Waals surface area (Å²) in [5, 5.41) is 2.78. The van der Waals surface area contributed by atoms with Gasteiger partial charge in [0.2, 0.25) is 11.6 Å². The van der Waals surface area contributed by atoms with Crippen molar-refractivity contribution >= 4 is 28.9 Å². The molecule has 0 radical (unpaired) electrons. The van der Waals surface area contributed by atoms with Crippen molar-refractivity contribution < 1.29 is 19.1 Å². The van der Waals surface area contributed by atoms with Crippen LogP contribution in [0.3, 0.4) is 0 Å². The molecular weight excluding hydrogens is 330 g/mol. The van der Waals surface area contributed by atoms with Crippen molar-refractivity contribution in [3.05, 3.63) is 64.3 Å². The van der Waals surface area contributed by atoms with Gasteiger partial charge in [-0.2, -0.15) is 0 Å². The molecule has 0 heterocycles. The highest BCUT2D eigenvalue weighted by Crippen LogP contribution is 2.34. The van der Waals surface area contributed by atoms with Crippen LogP contribution in [0, 0.1) is 0 Å². The Labute approximate surface area is 143 Å². The summed E-state index contributed by atoms with van der Waals surface area (Å²) in [7, 11) is 3.04. The van der Waals surface area contributed by atoms with Gasteiger partial charge in [-0.05, 0) is 12.1 Å². The van der Waals surface area contributed by atoms with E-state index >= 15 is 0 Å². The second-order valence-electron chi connectivity index (χ2n) is 5.08. The minimum absolute atomic E-state index is 0.0313. The number of ether oxygens (including phenoxy) is 2. The van der Waals surface area contributed by atoms with Gasteiger partial charge in [-0.3, -0.25) is 9.59 Å². The van der Waals surface area contributed by atoms with Crippen molar-refractivity contribution in [3.8, 4) is 11.5 Å². The van der Waals surface area contributed by atoms with Gasteiger partial charge in [0.25, 0.3) is 0 Å². The summed E-state index contributed by atoms with van der Waals surface area (Å²) in [4.78, 5) is 25.1. The topological polar surface area (TPSA) is 64.6 Å². The second kappa shape index (κ2) is 6.37. The fraction of sp³-hybridized carbons (Fsp3) is 0.111. The van der Waals surface area contributed by atoms with Crippen molar-refractivity contribution in [1.82, 2.24) is 0 Å². The molecule has 5 nitrogen and oxygen atoms in total. The molecule has 0 aromatic heterocycles. The SMILES string of the molecule is COc1ccc(NC2=C(Cl)C(=O)c3ccccc3C2=O)c(OC)c1. The highest BCUT2D eigenvalue weighted by atomic mass is 35.5. The van der Waals surface area contributed by atoms with E-state index < -0.39 is 0 Å². The van der Waals surface area contributed by atoms with Crippen LogP contribution < -0.4 is 14.8 Å². The number of anilines is 1. The fourth-order valence-electron chi connectivity index (χ4n) is 2.49. The van der Waals surface area contributed by atoms with Crippen LogP contribution in [0.4, 0.5) is 5.69 Å². The number of fused-ring (bicyclic) bond motifs is 1. The monoisotopic (exact) mass is 343 g/mol. The van der Waals surface area contributed by atoms with Crippen LogP contribution in [0.5, 0.6) is 11.5 Å². The summed E-state index contributed by atoms with van der Waals surface area (Å²) in [6, 6.07) is 11.7. The largest absolute Gasteiger partial charge is 0.497 e. The van der Waals surface area contributed by atoms with Crippen molar-refractivity contribution in [1.29, 1.82) is 0 Å². The first-order valence-corrected chi connectivity index (χ1v) is 7.52. The molecule has 1 N–H and O–H groups in total. The number of rotatable bonds is 4. The number of allylic oxidation sites excluding steroid dienone is 2. The standard InChI is InChI=1S/C18H14ClNO4/c1-23-10-7-8-13(14(9-10)24-2)20-16-15(19)17(21)11-5-3-4-6-12(11)18(16)22/h3-9,20H,1-2H3. The zero-order chi connectivity index (χ0) is 17.3. The lowest BCUT2D eigenvalue weighted by Gasteiger charge is -2.20. The quantitative estimate of drug-likeness (QED) is 0.918. The number of hydrogen-bond donors (Lipinski definition) is 1. The van der Waals surface area contributed by atoms with Gasteiger partial charge in [0.15, 0.2) is 0 Å². The van der Waals surface area contributed by atoms with Gasteiger partial charge in [0.1, 0.15) is 22.2 Å². The van der Waals surface area contributed by atoms with E-state index in [4.69, 9.17) is 21.1 Å². The maximum atomic E-state index is 12.7. The van der Waals surface area contributed by atoms with E-state index in [2.05, 4.69) is 5.32 Å². The summed E-state index contributed by atoms with van der Waals surface area (Å²) in [6.45, 7) is 0. The molecular formula is C18H14ClNO4. The maximum Gasteiger partial charge on any atom is 0.211 e. The predicted molar refractivity (Wildman–Crippen MR) is 91.2 cm³/mol. The Morgan fingerprint density at radius 3 is 2.21 bits per heavy atom. The normalized spacial score (nSPS) is 13.6. The molecule has 0 amide bonds. The van der Waals surface area contributed by atoms with Crippen molar-refractivity contribution in [3.63, 3.8) is 0 Å². The van der Waals surface area contributed by atoms with E-state index in [0.29, 0.717) is 28.3 Å². The van der Waals surface area contributed by atoms with Crippen LogP contribution in [-0.2, 0) is 0 Å². The molecule has 0 spiro atoms. The summed E-state index contributed by atoms with van der Waals surface area (Å²) < 4.78 is 10.4. The van der Waals surface area contributed by atoms with Gasteiger partial charge < -0.3 is 14.8 Å². The number of benzene rings is 2. The molecule has 2 aromatic carbocycles. The van der Waals surface area contributed by atoms with Crippen LogP contribution in [-0.4, -0.2) is 25.8 Å². The third-order valence-electron chi connectivity index (χ3n) is 3.73. The van der Waals surface area contributed by atoms with E-state index in [-0.39, 0.29) is 22.3 Å². The number of Topliss-reactive ketones (excluding diaryl/α,β-unsaturated/α-hetero) is 2. The molecule has 0 bridgehead atoms. The predicted octanol–water partition coefficient (Wildman–Crippen LogP) is 3.65. The average Bonchev–Trinajstić information content (AvgIpc) is 2.63. The third kappa shape index (κ3) is 2.63. The Hall–Kier alpha value is -2.79. The Morgan fingerprint density at radius 1 is 0.917 bits per heavy atom. The third-order valence-corrected chi connectivity index (χ3v) is 4.09. The molecule has 6 heteroatoms. The van der Waals surface area contributed by atoms with Gasteiger partial charge in [0, 0.05) is 17.2 Å². The fourth-order valence-corrected chi connectivity index (χ4v) is 2.73. The van der Waals surface area contributed by atoms with Crippen molar-refractivity contribution in [2.75, 3.05) is 19.5 Å². The first-order valence-electron chi connectivity index (χ1n) is 7.14. The average molecular weight is 344 g/mol. The first kappa shape index (κ1) is 16.1. The molecule has 2 aromatic rings. The molecule has 0 aliphatic heterocycles. The summed E-state index contributed by atoms with van der Waals surface area (Å²) >= 11 is 6.14. The highest BCUT2D eigenvalue weighted by Gasteiger charge is 2.31. The van der Waals surface area contributed by atoms with Crippen LogP contribution in [0.25, 0.3) is 0 Å². The van der Waals surface area contributed by atoms with E-state index in [9.17, 15) is 9.59 Å². The molecule has 122 valence electrons. The second-order valence-corrected chi connectivity index (χ2v) is 5.46. The number of carbonyl (C=O) groups is 2. The summed E-state index contributed by atoms with van der Waals surface area (Å²) in [5.74, 6) is 0.342. The highest BCUT2D eigenvalue weighted by molar-refractivity contribution is 6.50. The van der Waals surface area contributed by atoms with Crippen molar-refractivity contribution in [2.24, 2.45) is 0 Å². The van der Waals surface area contributed by atoms with E-state index in [0.717, 1.165) is 0 Å². The zero-order valence-electron chi connectivity index (χ0n) is 13.1. The molecule has 0 saturated carbocycles. The first-order chi connectivity index (χ1) is 11.6. The van der Waals surface area contributed by atoms with Gasteiger partial charge >= 0.3 is 0 Å². The molecule has 1 aliphatic carbocycles. The zero-order valence-corrected chi connectivity index (χ0v) is 13.8. The van der Waals surface area contributed by atoms with Crippen LogP contribution in [0.15, 0.2) is 53.2 Å². The van der Waals surface area contributed by atoms with Gasteiger partial charge in [0.05, 0.1) is 19.9 Å². The lowest BCUT2D eigenvalue weighted by atomic mass is 9.92. The minimum atomic E-state index is -0.387. The number of hydrogen-bond acceptors (Lipinski definition) is 5. The van der Waals surface area contributed by atoms with Gasteiger partial charge in [-0.15, -0.1) is 0 Å². The maximum absolute atomic E-state index is 12.7. The Morgan fingerprint density at radius 2 is 1.58 bits per heavy atom. The number of ketones is 2. The molecule has 24 heavy (non-hydrogen) atoms. The minimum Gasteiger partial charge on any atom is -0.497 e. The lowest BCUT2D eigenvalue weighted by molar-refractivity contribution is 0.0982. The Balaban J connectivity index is 2.03. The smallest absolute Gasteiger partial charge is 0.211 e. The summed E-state index contributed by atoms with van der Waals surface area (Å²) in [6.07, 6.45) is 0. The Kier molecular flexibility index (Phi) is 4.27. The molecule has 0 saturated heterocycles. The number of halogens is 1. The van der Waals surface area contributed by atoms with Crippen molar-refractivity contribution in [2.45, 2.75) is 0 Å². The molecule has 0 fully saturated rings. The van der Waals surface area contributed by atoms with E-state index in [1.54, 1.807) is 49.6 Å². The van der Waals surface area contributed by atoms with Crippen LogP contribution in [0.1, 0.15) is 20.7 Å². The van der Waals surface area contributed by atoms with Crippen LogP contribution in [0.2, 0.25) is 0 Å². The van der Waals surface area contributed by atoms with E-state index in [1.807, 2.05) is 0 Å². The van der Waals surface area contributed by atoms with Gasteiger partial charge in [-0.25, -0.2) is 0 Å². The van der Waals surface area contributed by atoms with Crippen LogP contribution >= 0.6 is 11.6 Å². The lowest BCUT2D eigenvalue weighted by Crippen LogP contribution is -2.24. The number of methoxy groups -OCH3 is 2. The van der Waals surface area contributed by atoms with E-state index in [1.165, 1.54) is 7.11 Å². The number of nitrogens with one attached hydrogen (secondary N) is 1. The molecule has 0 unspecified atom stereocenters. The molecule has 0 atom stereocenters. The molecule has 1 aliphatic rings. The number of carbonyl (C=O) groups excluding carboxylic acids is 2. The van der Waals surface area contributed by atoms with Gasteiger partial charge in [-0.1, -0.05) is 35.9 Å². The summed E-state index contributed by atoms with van der Waals surface area (Å²) in [5.41, 5.74) is 1.16. The Bertz CT molecular complexity index is 873.